The van der Waals surface area contributed by atoms with Crippen molar-refractivity contribution in [1.82, 2.24) is 19.6 Å². The van der Waals surface area contributed by atoms with Crippen molar-refractivity contribution in [3.05, 3.63) is 47.8 Å². The highest BCUT2D eigenvalue weighted by Crippen LogP contribution is 2.34. The molecule has 3 aromatic rings. The molecule has 12 nitrogen and oxygen atoms in total. The summed E-state index contributed by atoms with van der Waals surface area (Å²) in [6.07, 6.45) is -3.23. The first-order valence-electron chi connectivity index (χ1n) is 12.2. The van der Waals surface area contributed by atoms with Crippen molar-refractivity contribution >= 4 is 44.3 Å². The molecular formula is C25H27F3N6O6S. The molecule has 3 heterocycles. The Morgan fingerprint density at radius 1 is 1.29 bits per heavy atom. The second-order valence-corrected chi connectivity index (χ2v) is 11.4. The molecule has 16 heteroatoms. The number of ether oxygens (including phenoxy) is 1. The SMILES string of the molecule is Cc1cc(S(=O)(=O)NC2CCN(C(Cc3cc4ccnc(N)c4cc3OC(F)(F)F)C(=O)O)C2=O)cnc1N(C)C. The molecule has 0 spiro atoms. The van der Waals surface area contributed by atoms with Gasteiger partial charge in [0.05, 0.1) is 0 Å². The van der Waals surface area contributed by atoms with Crippen LogP contribution in [0.1, 0.15) is 17.5 Å². The standard InChI is InChI=1S/C25H27F3N6O6S/c1-13-8-16(12-31-22(13)33(2)3)41(38,39)32-18-5-7-34(23(18)35)19(24(36)37)10-15-9-14-4-6-30-21(29)17(14)11-20(15)40-25(26,27)28/h4,6,8-9,11-12,18-19,32H,5,7,10H2,1-3H3,(H2,29,30)(H,36,37). The maximum Gasteiger partial charge on any atom is 0.573 e. The molecule has 4 rings (SSSR count). The number of sulfonamides is 1. The fourth-order valence-corrected chi connectivity index (χ4v) is 5.97. The number of carboxylic acid groups (broad SMARTS) is 1. The van der Waals surface area contributed by atoms with Crippen LogP contribution in [0.2, 0.25) is 0 Å². The van der Waals surface area contributed by atoms with Crippen molar-refractivity contribution in [3.8, 4) is 5.75 Å². The molecule has 1 aliphatic heterocycles. The van der Waals surface area contributed by atoms with Gasteiger partial charge >= 0.3 is 12.3 Å². The molecule has 41 heavy (non-hydrogen) atoms. The summed E-state index contributed by atoms with van der Waals surface area (Å²) < 4.78 is 72.1. The Bertz CT molecular complexity index is 1620. The number of rotatable bonds is 9. The maximum atomic E-state index is 13.2. The van der Waals surface area contributed by atoms with Gasteiger partial charge < -0.3 is 25.4 Å². The fraction of sp³-hybridized carbons (Fsp3) is 0.360. The number of alkyl halides is 3. The molecule has 1 aliphatic rings. The number of anilines is 2. The topological polar surface area (TPSA) is 168 Å². The third kappa shape index (κ3) is 6.43. The molecule has 0 radical (unpaired) electrons. The number of aryl methyl sites for hydroxylation is 1. The van der Waals surface area contributed by atoms with Crippen molar-refractivity contribution in [2.24, 2.45) is 0 Å². The molecular weight excluding hydrogens is 569 g/mol. The molecule has 1 fully saturated rings. The summed E-state index contributed by atoms with van der Waals surface area (Å²) in [7, 11) is -0.724. The van der Waals surface area contributed by atoms with Crippen molar-refractivity contribution in [2.75, 3.05) is 31.3 Å². The predicted octanol–water partition coefficient (Wildman–Crippen LogP) is 2.06. The van der Waals surface area contributed by atoms with Crippen molar-refractivity contribution in [3.63, 3.8) is 0 Å². The number of nitrogens with zero attached hydrogens (tertiary/aromatic N) is 4. The smallest absolute Gasteiger partial charge is 0.480 e. The van der Waals surface area contributed by atoms with Gasteiger partial charge in [0, 0.05) is 44.8 Å². The number of amides is 1. The van der Waals surface area contributed by atoms with Crippen molar-refractivity contribution in [2.45, 2.75) is 43.1 Å². The summed E-state index contributed by atoms with van der Waals surface area (Å²) in [5.41, 5.74) is 6.22. The van der Waals surface area contributed by atoms with Crippen molar-refractivity contribution < 1.29 is 41.0 Å². The number of nitrogens with two attached hydrogens (primary N) is 1. The van der Waals surface area contributed by atoms with Gasteiger partial charge in [-0.3, -0.25) is 4.79 Å². The van der Waals surface area contributed by atoms with Crippen LogP contribution in [-0.2, 0) is 26.0 Å². The van der Waals surface area contributed by atoms with E-state index >= 15 is 0 Å². The van der Waals surface area contributed by atoms with E-state index in [4.69, 9.17) is 5.73 Å². The van der Waals surface area contributed by atoms with E-state index in [9.17, 15) is 36.3 Å². The molecule has 0 bridgehead atoms. The fourth-order valence-electron chi connectivity index (χ4n) is 4.72. The van der Waals surface area contributed by atoms with E-state index in [1.807, 2.05) is 0 Å². The second kappa shape index (κ2) is 11.0. The number of fused-ring (bicyclic) bond motifs is 1. The molecule has 4 N–H and O–H groups in total. The zero-order valence-electron chi connectivity index (χ0n) is 22.1. The largest absolute Gasteiger partial charge is 0.573 e. The Morgan fingerprint density at radius 2 is 2.00 bits per heavy atom. The first kappa shape index (κ1) is 29.8. The van der Waals surface area contributed by atoms with E-state index in [2.05, 4.69) is 19.4 Å². The Balaban J connectivity index is 1.60. The van der Waals surface area contributed by atoms with Gasteiger partial charge in [-0.15, -0.1) is 13.2 Å². The quantitative estimate of drug-likeness (QED) is 0.333. The van der Waals surface area contributed by atoms with Gasteiger partial charge in [0.1, 0.15) is 34.4 Å². The van der Waals surface area contributed by atoms with Crippen LogP contribution in [-0.4, -0.2) is 79.4 Å². The molecule has 1 saturated heterocycles. The molecule has 2 aromatic heterocycles. The Hall–Kier alpha value is -4.18. The first-order chi connectivity index (χ1) is 19.1. The van der Waals surface area contributed by atoms with Crippen LogP contribution in [0, 0.1) is 6.92 Å². The summed E-state index contributed by atoms with van der Waals surface area (Å²) in [4.78, 5) is 35.9. The average Bonchev–Trinajstić information content (AvgIpc) is 3.20. The highest BCUT2D eigenvalue weighted by Gasteiger charge is 2.42. The van der Waals surface area contributed by atoms with Crippen molar-refractivity contribution in [1.29, 1.82) is 0 Å². The second-order valence-electron chi connectivity index (χ2n) is 9.68. The highest BCUT2D eigenvalue weighted by atomic mass is 32.2. The van der Waals surface area contributed by atoms with Gasteiger partial charge in [-0.2, -0.15) is 4.72 Å². The minimum atomic E-state index is -5.09. The number of aromatic nitrogens is 2. The number of carbonyl (C=O) groups is 2. The third-order valence-corrected chi connectivity index (χ3v) is 8.01. The normalized spacial score (nSPS) is 16.7. The minimum absolute atomic E-state index is 0.0533. The minimum Gasteiger partial charge on any atom is -0.480 e. The van der Waals surface area contributed by atoms with Crippen LogP contribution in [0.25, 0.3) is 10.8 Å². The lowest BCUT2D eigenvalue weighted by Crippen LogP contribution is -2.48. The van der Waals surface area contributed by atoms with Gasteiger partial charge in [-0.25, -0.2) is 23.2 Å². The van der Waals surface area contributed by atoms with Crippen LogP contribution in [0.5, 0.6) is 5.75 Å². The first-order valence-corrected chi connectivity index (χ1v) is 13.7. The third-order valence-electron chi connectivity index (χ3n) is 6.57. The Kier molecular flexibility index (Phi) is 8.00. The van der Waals surface area contributed by atoms with Crippen LogP contribution in [0.15, 0.2) is 41.6 Å². The van der Waals surface area contributed by atoms with E-state index in [0.29, 0.717) is 16.8 Å². The number of likely N-dealkylation sites (tertiary alicyclic amines) is 1. The van der Waals surface area contributed by atoms with Crippen LogP contribution in [0.4, 0.5) is 24.8 Å². The zero-order valence-corrected chi connectivity index (χ0v) is 23.0. The number of hydrogen-bond acceptors (Lipinski definition) is 9. The number of halogens is 3. The summed E-state index contributed by atoms with van der Waals surface area (Å²) in [5.74, 6) is -2.51. The predicted molar refractivity (Wildman–Crippen MR) is 142 cm³/mol. The molecule has 2 unspecified atom stereocenters. The number of carbonyl (C=O) groups excluding carboxylic acids is 1. The number of nitrogen functional groups attached to an aromatic ring is 1. The average molecular weight is 597 g/mol. The van der Waals surface area contributed by atoms with Gasteiger partial charge in [-0.1, -0.05) is 0 Å². The highest BCUT2D eigenvalue weighted by molar-refractivity contribution is 7.89. The number of benzene rings is 1. The summed E-state index contributed by atoms with van der Waals surface area (Å²) >= 11 is 0. The zero-order chi connectivity index (χ0) is 30.3. The molecule has 0 aliphatic carbocycles. The van der Waals surface area contributed by atoms with Gasteiger partial charge in [-0.05, 0) is 54.1 Å². The van der Waals surface area contributed by atoms with E-state index in [-0.39, 0.29) is 34.6 Å². The van der Waals surface area contributed by atoms with Gasteiger partial charge in [0.2, 0.25) is 15.9 Å². The van der Waals surface area contributed by atoms with E-state index in [1.54, 1.807) is 25.9 Å². The van der Waals surface area contributed by atoms with Gasteiger partial charge in [0.25, 0.3) is 0 Å². The Labute approximate surface area is 233 Å². The lowest BCUT2D eigenvalue weighted by atomic mass is 10.00. The van der Waals surface area contributed by atoms with E-state index in [1.165, 1.54) is 24.4 Å². The Morgan fingerprint density at radius 3 is 2.61 bits per heavy atom. The summed E-state index contributed by atoms with van der Waals surface area (Å²) in [6.45, 7) is 1.52. The molecule has 1 aromatic carbocycles. The van der Waals surface area contributed by atoms with Gasteiger partial charge in [0.15, 0.2) is 0 Å². The number of nitrogens with one attached hydrogen (secondary N) is 1. The lowest BCUT2D eigenvalue weighted by molar-refractivity contribution is -0.274. The summed E-state index contributed by atoms with van der Waals surface area (Å²) in [6, 6.07) is 2.27. The van der Waals surface area contributed by atoms with Crippen LogP contribution < -0.4 is 20.1 Å². The molecule has 2 atom stereocenters. The van der Waals surface area contributed by atoms with Crippen LogP contribution >= 0.6 is 0 Å². The summed E-state index contributed by atoms with van der Waals surface area (Å²) in [5, 5.41) is 10.5. The monoisotopic (exact) mass is 596 g/mol. The maximum absolute atomic E-state index is 13.2. The molecule has 0 saturated carbocycles. The number of hydrogen-bond donors (Lipinski definition) is 3. The number of aliphatic carboxylic acids is 1. The van der Waals surface area contributed by atoms with E-state index in [0.717, 1.165) is 17.2 Å². The molecule has 1 amide bonds. The van der Waals surface area contributed by atoms with E-state index < -0.39 is 52.5 Å². The molecule has 220 valence electrons. The lowest BCUT2D eigenvalue weighted by Gasteiger charge is -2.26. The number of pyridine rings is 2. The van der Waals surface area contributed by atoms with Crippen LogP contribution in [0.3, 0.4) is 0 Å². The number of carboxylic acids is 1.